The van der Waals surface area contributed by atoms with E-state index < -0.39 is 0 Å². The Labute approximate surface area is 118 Å². The Balaban J connectivity index is 1.69. The van der Waals surface area contributed by atoms with Crippen molar-refractivity contribution in [1.29, 1.82) is 0 Å². The first-order chi connectivity index (χ1) is 9.86. The molecule has 3 rings (SSSR count). The van der Waals surface area contributed by atoms with Gasteiger partial charge in [-0.1, -0.05) is 0 Å². The van der Waals surface area contributed by atoms with Crippen LogP contribution in [0.5, 0.6) is 0 Å². The lowest BCUT2D eigenvalue weighted by atomic mass is 10.2. The number of aromatic nitrogens is 3. The first kappa shape index (κ1) is 13.2. The first-order valence-corrected chi connectivity index (χ1v) is 7.30. The summed E-state index contributed by atoms with van der Waals surface area (Å²) in [6.45, 7) is 4.67. The molecule has 0 amide bonds. The molecule has 0 aromatic carbocycles. The van der Waals surface area contributed by atoms with Gasteiger partial charge in [0, 0.05) is 32.1 Å². The van der Waals surface area contributed by atoms with Crippen molar-refractivity contribution < 1.29 is 4.74 Å². The summed E-state index contributed by atoms with van der Waals surface area (Å²) in [6, 6.07) is 0. The van der Waals surface area contributed by atoms with E-state index in [-0.39, 0.29) is 0 Å². The van der Waals surface area contributed by atoms with Gasteiger partial charge < -0.3 is 19.8 Å². The molecule has 2 N–H and O–H groups in total. The number of fused-ring (bicyclic) bond motifs is 1. The maximum atomic E-state index is 5.63. The van der Waals surface area contributed by atoms with Gasteiger partial charge in [-0.2, -0.15) is 0 Å². The number of hydrogen-bond acceptors (Lipinski definition) is 5. The van der Waals surface area contributed by atoms with E-state index in [0.29, 0.717) is 6.10 Å². The number of nitrogens with one attached hydrogen (secondary N) is 2. The van der Waals surface area contributed by atoms with Gasteiger partial charge in [-0.05, 0) is 26.2 Å². The average molecular weight is 275 g/mol. The van der Waals surface area contributed by atoms with E-state index in [2.05, 4.69) is 27.5 Å². The molecule has 108 valence electrons. The van der Waals surface area contributed by atoms with Crippen LogP contribution in [0.15, 0.2) is 18.6 Å². The molecule has 1 saturated heterocycles. The summed E-state index contributed by atoms with van der Waals surface area (Å²) < 4.78 is 7.62. The predicted octanol–water partition coefficient (Wildman–Crippen LogP) is 2.14. The van der Waals surface area contributed by atoms with Gasteiger partial charge in [0.15, 0.2) is 11.5 Å². The van der Waals surface area contributed by atoms with E-state index in [9.17, 15) is 0 Å². The zero-order valence-electron chi connectivity index (χ0n) is 11.8. The molecule has 0 bridgehead atoms. The maximum Gasteiger partial charge on any atom is 0.180 e. The largest absolute Gasteiger partial charge is 0.378 e. The molecule has 6 nitrogen and oxygen atoms in total. The Morgan fingerprint density at radius 3 is 3.20 bits per heavy atom. The molecule has 2 aromatic heterocycles. The Morgan fingerprint density at radius 2 is 2.40 bits per heavy atom. The third-order valence-electron chi connectivity index (χ3n) is 3.51. The fraction of sp³-hybridized carbons (Fsp3) is 0.571. The van der Waals surface area contributed by atoms with Crippen LogP contribution in [-0.2, 0) is 4.74 Å². The summed E-state index contributed by atoms with van der Waals surface area (Å²) in [6.07, 6.45) is 9.45. The minimum Gasteiger partial charge on any atom is -0.378 e. The molecule has 1 unspecified atom stereocenters. The molecule has 0 saturated carbocycles. The molecular weight excluding hydrogens is 254 g/mol. The Kier molecular flexibility index (Phi) is 4.01. The number of nitrogens with zero attached hydrogens (tertiary/aromatic N) is 3. The smallest absolute Gasteiger partial charge is 0.180 e. The average Bonchev–Trinajstić information content (AvgIpc) is 3.09. The molecule has 20 heavy (non-hydrogen) atoms. The van der Waals surface area contributed by atoms with E-state index in [4.69, 9.17) is 4.74 Å². The van der Waals surface area contributed by atoms with Gasteiger partial charge >= 0.3 is 0 Å². The van der Waals surface area contributed by atoms with Gasteiger partial charge in [0.1, 0.15) is 5.82 Å². The number of hydrogen-bond donors (Lipinski definition) is 2. The lowest BCUT2D eigenvalue weighted by Gasteiger charge is -2.12. The van der Waals surface area contributed by atoms with Crippen molar-refractivity contribution in [2.45, 2.75) is 32.3 Å². The highest BCUT2D eigenvalue weighted by Gasteiger charge is 2.15. The van der Waals surface area contributed by atoms with E-state index in [0.717, 1.165) is 43.4 Å². The van der Waals surface area contributed by atoms with Crippen LogP contribution in [-0.4, -0.2) is 40.2 Å². The van der Waals surface area contributed by atoms with Crippen molar-refractivity contribution >= 4 is 17.3 Å². The van der Waals surface area contributed by atoms with Gasteiger partial charge in [0.2, 0.25) is 0 Å². The predicted molar refractivity (Wildman–Crippen MR) is 79.2 cm³/mol. The zero-order chi connectivity index (χ0) is 13.8. The van der Waals surface area contributed by atoms with E-state index in [1.54, 1.807) is 6.20 Å². The summed E-state index contributed by atoms with van der Waals surface area (Å²) >= 11 is 0. The Morgan fingerprint density at radius 1 is 1.45 bits per heavy atom. The van der Waals surface area contributed by atoms with Crippen molar-refractivity contribution in [3.05, 3.63) is 18.6 Å². The first-order valence-electron chi connectivity index (χ1n) is 7.30. The van der Waals surface area contributed by atoms with E-state index >= 15 is 0 Å². The molecule has 1 atom stereocenters. The minimum absolute atomic E-state index is 0.398. The summed E-state index contributed by atoms with van der Waals surface area (Å²) in [4.78, 5) is 8.93. The van der Waals surface area contributed by atoms with Crippen molar-refractivity contribution in [2.75, 3.05) is 30.3 Å². The molecular formula is C14H21N5O. The second-order valence-corrected chi connectivity index (χ2v) is 5.01. The Hall–Kier alpha value is -1.82. The van der Waals surface area contributed by atoms with Crippen molar-refractivity contribution in [3.8, 4) is 0 Å². The zero-order valence-corrected chi connectivity index (χ0v) is 11.8. The van der Waals surface area contributed by atoms with Crippen LogP contribution in [0.25, 0.3) is 5.65 Å². The monoisotopic (exact) mass is 275 g/mol. The molecule has 1 aliphatic heterocycles. The fourth-order valence-corrected chi connectivity index (χ4v) is 2.54. The SMILES string of the molecule is CCNc1cn2ccnc2c(NCCC2CCCO2)n1. The number of anilines is 2. The highest BCUT2D eigenvalue weighted by molar-refractivity contribution is 5.65. The molecule has 1 aliphatic rings. The van der Waals surface area contributed by atoms with Crippen LogP contribution in [0.1, 0.15) is 26.2 Å². The number of ether oxygens (including phenoxy) is 1. The Bertz CT molecular complexity index is 562. The summed E-state index contributed by atoms with van der Waals surface area (Å²) in [5.74, 6) is 1.68. The number of rotatable bonds is 6. The molecule has 3 heterocycles. The second kappa shape index (κ2) is 6.09. The third kappa shape index (κ3) is 2.85. The summed E-state index contributed by atoms with van der Waals surface area (Å²) in [5.41, 5.74) is 0.860. The third-order valence-corrected chi connectivity index (χ3v) is 3.51. The molecule has 6 heteroatoms. The van der Waals surface area contributed by atoms with Crippen LogP contribution in [0.3, 0.4) is 0 Å². The highest BCUT2D eigenvalue weighted by atomic mass is 16.5. The topological polar surface area (TPSA) is 63.5 Å². The van der Waals surface area contributed by atoms with Crippen LogP contribution in [0, 0.1) is 0 Å². The fourth-order valence-electron chi connectivity index (χ4n) is 2.54. The van der Waals surface area contributed by atoms with Crippen LogP contribution in [0.4, 0.5) is 11.6 Å². The second-order valence-electron chi connectivity index (χ2n) is 5.01. The molecule has 1 fully saturated rings. The quantitative estimate of drug-likeness (QED) is 0.845. The normalized spacial score (nSPS) is 18.6. The van der Waals surface area contributed by atoms with Gasteiger partial charge in [-0.3, -0.25) is 0 Å². The van der Waals surface area contributed by atoms with Crippen molar-refractivity contribution in [2.24, 2.45) is 0 Å². The lowest BCUT2D eigenvalue weighted by molar-refractivity contribution is 0.107. The van der Waals surface area contributed by atoms with Crippen LogP contribution in [0.2, 0.25) is 0 Å². The van der Waals surface area contributed by atoms with Gasteiger partial charge in [-0.25, -0.2) is 9.97 Å². The van der Waals surface area contributed by atoms with E-state index in [1.807, 2.05) is 16.8 Å². The van der Waals surface area contributed by atoms with Gasteiger partial charge in [0.25, 0.3) is 0 Å². The summed E-state index contributed by atoms with van der Waals surface area (Å²) in [5, 5.41) is 6.62. The van der Waals surface area contributed by atoms with Crippen LogP contribution >= 0.6 is 0 Å². The molecule has 0 spiro atoms. The molecule has 0 aliphatic carbocycles. The standard InChI is InChI=1S/C14H21N5O/c1-2-15-12-10-19-8-7-17-14(19)13(18-12)16-6-5-11-4-3-9-20-11/h7-8,10-11,15H,2-6,9H2,1H3,(H,16,18). The van der Waals surface area contributed by atoms with Gasteiger partial charge in [0.05, 0.1) is 12.3 Å². The van der Waals surface area contributed by atoms with Gasteiger partial charge in [-0.15, -0.1) is 0 Å². The summed E-state index contributed by atoms with van der Waals surface area (Å²) in [7, 11) is 0. The number of imidazole rings is 1. The maximum absolute atomic E-state index is 5.63. The van der Waals surface area contributed by atoms with Crippen molar-refractivity contribution in [1.82, 2.24) is 14.4 Å². The highest BCUT2D eigenvalue weighted by Crippen LogP contribution is 2.18. The van der Waals surface area contributed by atoms with E-state index in [1.165, 1.54) is 12.8 Å². The van der Waals surface area contributed by atoms with Crippen molar-refractivity contribution in [3.63, 3.8) is 0 Å². The minimum atomic E-state index is 0.398. The van der Waals surface area contributed by atoms with Crippen LogP contribution < -0.4 is 10.6 Å². The lowest BCUT2D eigenvalue weighted by Crippen LogP contribution is -2.14. The molecule has 0 radical (unpaired) electrons. The molecule has 2 aromatic rings.